The number of fused-ring (bicyclic) bond motifs is 1. The minimum absolute atomic E-state index is 0.0177. The molecule has 2 saturated heterocycles. The van der Waals surface area contributed by atoms with E-state index in [9.17, 15) is 9.50 Å². The maximum Gasteiger partial charge on any atom is 0.145 e. The van der Waals surface area contributed by atoms with E-state index in [4.69, 9.17) is 25.8 Å². The van der Waals surface area contributed by atoms with Crippen molar-refractivity contribution in [1.82, 2.24) is 14.9 Å². The lowest BCUT2D eigenvalue weighted by Gasteiger charge is -2.19. The molecule has 2 fully saturated rings. The van der Waals surface area contributed by atoms with Gasteiger partial charge in [-0.25, -0.2) is 14.4 Å². The van der Waals surface area contributed by atoms with Gasteiger partial charge in [0, 0.05) is 43.9 Å². The summed E-state index contributed by atoms with van der Waals surface area (Å²) in [6, 6.07) is 8.07. The maximum atomic E-state index is 13.6. The van der Waals surface area contributed by atoms with Crippen LogP contribution in [0.3, 0.4) is 0 Å². The third-order valence-electron chi connectivity index (χ3n) is 5.96. The minimum Gasteiger partial charge on any atom is -0.492 e. The fourth-order valence-corrected chi connectivity index (χ4v) is 4.38. The molecule has 8 nitrogen and oxygen atoms in total. The number of nitrogens with zero attached hydrogens (tertiary/aromatic N) is 3. The van der Waals surface area contributed by atoms with Crippen LogP contribution in [0.2, 0.25) is 5.02 Å². The molecule has 34 heavy (non-hydrogen) atoms. The standard InChI is InChI=1S/C24H26ClFN4O4/c25-19-9-15(1-2-20(19)26)29-24-23-21(27-14-28-24)10-18(11-22(23)34-17-4-7-32-13-17)33-8-6-30-5-3-16(31)12-30/h1-2,9-11,14,16-17,31H,3-8,12-13H2,(H,27,28,29). The first kappa shape index (κ1) is 23.0. The molecule has 180 valence electrons. The first-order valence-electron chi connectivity index (χ1n) is 11.3. The number of aromatic nitrogens is 2. The van der Waals surface area contributed by atoms with Gasteiger partial charge in [-0.15, -0.1) is 0 Å². The monoisotopic (exact) mass is 488 g/mol. The van der Waals surface area contributed by atoms with Crippen molar-refractivity contribution >= 4 is 34.0 Å². The van der Waals surface area contributed by atoms with E-state index in [1.54, 1.807) is 6.07 Å². The average Bonchev–Trinajstić information content (AvgIpc) is 3.48. The second kappa shape index (κ2) is 10.3. The summed E-state index contributed by atoms with van der Waals surface area (Å²) in [4.78, 5) is 11.0. The van der Waals surface area contributed by atoms with Crippen LogP contribution in [0.4, 0.5) is 15.9 Å². The number of nitrogens with one attached hydrogen (secondary N) is 1. The predicted molar refractivity (Wildman–Crippen MR) is 127 cm³/mol. The average molecular weight is 489 g/mol. The third-order valence-corrected chi connectivity index (χ3v) is 6.25. The molecule has 3 aromatic rings. The van der Waals surface area contributed by atoms with Crippen molar-refractivity contribution in [2.45, 2.75) is 25.0 Å². The molecule has 2 aliphatic rings. The molecule has 0 spiro atoms. The van der Waals surface area contributed by atoms with E-state index >= 15 is 0 Å². The van der Waals surface area contributed by atoms with E-state index in [1.807, 2.05) is 12.1 Å². The van der Waals surface area contributed by atoms with Crippen LogP contribution in [0.5, 0.6) is 11.5 Å². The molecule has 3 heterocycles. The van der Waals surface area contributed by atoms with Gasteiger partial charge in [0.05, 0.1) is 35.2 Å². The Bertz CT molecular complexity index is 1160. The normalized spacial score (nSPS) is 20.7. The Morgan fingerprint density at radius 3 is 2.91 bits per heavy atom. The Labute approximate surface area is 201 Å². The summed E-state index contributed by atoms with van der Waals surface area (Å²) in [6.45, 7) is 3.91. The summed E-state index contributed by atoms with van der Waals surface area (Å²) in [5.41, 5.74) is 1.24. The lowest BCUT2D eigenvalue weighted by Crippen LogP contribution is -2.27. The Hall–Kier alpha value is -2.72. The highest BCUT2D eigenvalue weighted by molar-refractivity contribution is 6.31. The second-order valence-corrected chi connectivity index (χ2v) is 8.89. The highest BCUT2D eigenvalue weighted by Crippen LogP contribution is 2.37. The summed E-state index contributed by atoms with van der Waals surface area (Å²) in [7, 11) is 0. The van der Waals surface area contributed by atoms with Crippen LogP contribution < -0.4 is 14.8 Å². The van der Waals surface area contributed by atoms with Crippen LogP contribution in [0, 0.1) is 5.82 Å². The molecule has 10 heteroatoms. The molecule has 1 aromatic heterocycles. The Kier molecular flexibility index (Phi) is 6.96. The van der Waals surface area contributed by atoms with Crippen LogP contribution in [-0.2, 0) is 4.74 Å². The summed E-state index contributed by atoms with van der Waals surface area (Å²) >= 11 is 5.95. The van der Waals surface area contributed by atoms with Gasteiger partial charge in [-0.2, -0.15) is 0 Å². The van der Waals surface area contributed by atoms with Crippen LogP contribution in [0.25, 0.3) is 10.9 Å². The predicted octanol–water partition coefficient (Wildman–Crippen LogP) is 3.78. The van der Waals surface area contributed by atoms with E-state index in [1.165, 1.54) is 18.5 Å². The molecule has 0 bridgehead atoms. The van der Waals surface area contributed by atoms with Crippen molar-refractivity contribution in [2.75, 3.05) is 44.8 Å². The molecule has 0 saturated carbocycles. The lowest BCUT2D eigenvalue weighted by atomic mass is 10.2. The van der Waals surface area contributed by atoms with Gasteiger partial charge >= 0.3 is 0 Å². The molecule has 2 N–H and O–H groups in total. The number of aliphatic hydroxyl groups is 1. The fourth-order valence-electron chi connectivity index (χ4n) is 4.20. The van der Waals surface area contributed by atoms with Gasteiger partial charge in [0.1, 0.15) is 42.2 Å². The molecule has 2 atom stereocenters. The summed E-state index contributed by atoms with van der Waals surface area (Å²) in [5, 5.41) is 13.6. The molecule has 2 aromatic carbocycles. The van der Waals surface area contributed by atoms with E-state index in [0.29, 0.717) is 60.3 Å². The van der Waals surface area contributed by atoms with Crippen LogP contribution in [-0.4, -0.2) is 71.6 Å². The number of halogens is 2. The Balaban J connectivity index is 1.42. The van der Waals surface area contributed by atoms with Gasteiger partial charge in [-0.1, -0.05) is 11.6 Å². The number of rotatable bonds is 8. The van der Waals surface area contributed by atoms with E-state index in [2.05, 4.69) is 20.2 Å². The third kappa shape index (κ3) is 5.33. The number of aliphatic hydroxyl groups excluding tert-OH is 1. The molecule has 0 aliphatic carbocycles. The van der Waals surface area contributed by atoms with Crippen molar-refractivity contribution in [2.24, 2.45) is 0 Å². The lowest BCUT2D eigenvalue weighted by molar-refractivity contribution is 0.142. The number of hydrogen-bond acceptors (Lipinski definition) is 8. The SMILES string of the molecule is OC1CCN(CCOc2cc(OC3CCOC3)c3c(Nc4ccc(F)c(Cl)c4)ncnc3c2)C1. The Morgan fingerprint density at radius 2 is 2.15 bits per heavy atom. The smallest absolute Gasteiger partial charge is 0.145 e. The van der Waals surface area contributed by atoms with Gasteiger partial charge in [-0.05, 0) is 24.6 Å². The van der Waals surface area contributed by atoms with Crippen molar-refractivity contribution in [3.05, 3.63) is 47.5 Å². The van der Waals surface area contributed by atoms with Gasteiger partial charge in [-0.3, -0.25) is 4.90 Å². The second-order valence-electron chi connectivity index (χ2n) is 8.49. The number of ether oxygens (including phenoxy) is 3. The highest BCUT2D eigenvalue weighted by atomic mass is 35.5. The van der Waals surface area contributed by atoms with E-state index in [-0.39, 0.29) is 17.2 Å². The van der Waals surface area contributed by atoms with Gasteiger partial charge in [0.25, 0.3) is 0 Å². The molecule has 5 rings (SSSR count). The number of likely N-dealkylation sites (tertiary alicyclic amines) is 1. The maximum absolute atomic E-state index is 13.6. The number of β-amino-alcohol motifs (C(OH)–C–C–N with tert-alkyl or cyclic N) is 1. The first-order chi connectivity index (χ1) is 16.5. The van der Waals surface area contributed by atoms with Crippen molar-refractivity contribution in [1.29, 1.82) is 0 Å². The zero-order chi connectivity index (χ0) is 23.5. The number of anilines is 2. The largest absolute Gasteiger partial charge is 0.492 e. The molecule has 2 aliphatic heterocycles. The van der Waals surface area contributed by atoms with Crippen molar-refractivity contribution < 1.29 is 23.7 Å². The Morgan fingerprint density at radius 1 is 1.24 bits per heavy atom. The highest BCUT2D eigenvalue weighted by Gasteiger charge is 2.22. The summed E-state index contributed by atoms with van der Waals surface area (Å²) in [5.74, 6) is 1.24. The first-order valence-corrected chi connectivity index (χ1v) is 11.7. The molecular formula is C24H26ClFN4O4. The molecule has 0 amide bonds. The summed E-state index contributed by atoms with van der Waals surface area (Å²) < 4.78 is 31.4. The molecule has 0 radical (unpaired) electrons. The van der Waals surface area contributed by atoms with E-state index in [0.717, 1.165) is 25.9 Å². The van der Waals surface area contributed by atoms with Gasteiger partial charge in [0.15, 0.2) is 0 Å². The van der Waals surface area contributed by atoms with E-state index < -0.39 is 5.82 Å². The van der Waals surface area contributed by atoms with Crippen molar-refractivity contribution in [3.63, 3.8) is 0 Å². The topological polar surface area (TPSA) is 89.0 Å². The van der Waals surface area contributed by atoms with Crippen molar-refractivity contribution in [3.8, 4) is 11.5 Å². The number of hydrogen-bond donors (Lipinski definition) is 2. The summed E-state index contributed by atoms with van der Waals surface area (Å²) in [6.07, 6.45) is 2.69. The van der Waals surface area contributed by atoms with Gasteiger partial charge < -0.3 is 24.6 Å². The van der Waals surface area contributed by atoms with Gasteiger partial charge in [0.2, 0.25) is 0 Å². The van der Waals surface area contributed by atoms with Crippen LogP contribution in [0.1, 0.15) is 12.8 Å². The number of benzene rings is 2. The fraction of sp³-hybridized carbons (Fsp3) is 0.417. The zero-order valence-corrected chi connectivity index (χ0v) is 19.3. The quantitative estimate of drug-likeness (QED) is 0.495. The van der Waals surface area contributed by atoms with Crippen LogP contribution >= 0.6 is 11.6 Å². The minimum atomic E-state index is -0.491. The molecular weight excluding hydrogens is 463 g/mol. The molecule has 2 unspecified atom stereocenters. The zero-order valence-electron chi connectivity index (χ0n) is 18.5. The van der Waals surface area contributed by atoms with Crippen LogP contribution in [0.15, 0.2) is 36.7 Å².